The van der Waals surface area contributed by atoms with Gasteiger partial charge in [0.25, 0.3) is 0 Å². The standard InChI is InChI=1S/C40H23NO2/c1-2-10-27-24(8-1)9-7-13-28(27)25-16-19-37-33(22-25)39-38(42-37)21-18-31-32-23-26(17-20-36(32)43-40(31)39)41-34-14-5-3-11-29(34)30-12-4-6-15-35(30)41/h1-23H. The third-order valence-electron chi connectivity index (χ3n) is 8.99. The Morgan fingerprint density at radius 1 is 0.419 bits per heavy atom. The lowest BCUT2D eigenvalue weighted by Gasteiger charge is -2.07. The number of hydrogen-bond donors (Lipinski definition) is 0. The molecule has 0 fully saturated rings. The highest BCUT2D eigenvalue weighted by Gasteiger charge is 2.19. The van der Waals surface area contributed by atoms with Crippen LogP contribution in [0.2, 0.25) is 0 Å². The van der Waals surface area contributed by atoms with Crippen LogP contribution in [0.3, 0.4) is 0 Å². The zero-order chi connectivity index (χ0) is 28.1. The van der Waals surface area contributed by atoms with Crippen molar-refractivity contribution in [1.29, 1.82) is 0 Å². The fraction of sp³-hybridized carbons (Fsp3) is 0. The minimum atomic E-state index is 0.833. The van der Waals surface area contributed by atoms with Gasteiger partial charge in [-0.15, -0.1) is 0 Å². The molecule has 0 saturated carbocycles. The molecule has 200 valence electrons. The van der Waals surface area contributed by atoms with E-state index in [9.17, 15) is 0 Å². The lowest BCUT2D eigenvalue weighted by molar-refractivity contribution is 0.663. The maximum absolute atomic E-state index is 6.63. The van der Waals surface area contributed by atoms with Gasteiger partial charge in [-0.05, 0) is 76.5 Å². The lowest BCUT2D eigenvalue weighted by atomic mass is 9.97. The Hall–Kier alpha value is -5.80. The third-order valence-corrected chi connectivity index (χ3v) is 8.99. The van der Waals surface area contributed by atoms with Crippen LogP contribution < -0.4 is 0 Å². The van der Waals surface area contributed by atoms with E-state index in [1.54, 1.807) is 0 Å². The molecule has 3 heterocycles. The number of benzene rings is 7. The summed E-state index contributed by atoms with van der Waals surface area (Å²) in [5, 5.41) is 9.24. The first-order chi connectivity index (χ1) is 21.3. The van der Waals surface area contributed by atoms with Crippen LogP contribution in [0.4, 0.5) is 0 Å². The maximum atomic E-state index is 6.63. The monoisotopic (exact) mass is 549 g/mol. The molecule has 0 amide bonds. The first-order valence-electron chi connectivity index (χ1n) is 14.6. The number of aromatic nitrogens is 1. The second-order valence-electron chi connectivity index (χ2n) is 11.3. The minimum Gasteiger partial charge on any atom is -0.456 e. The van der Waals surface area contributed by atoms with E-state index >= 15 is 0 Å². The molecule has 0 aliphatic carbocycles. The number of fused-ring (bicyclic) bond motifs is 11. The van der Waals surface area contributed by atoms with Crippen molar-refractivity contribution in [3.05, 3.63) is 140 Å². The molecule has 0 atom stereocenters. The SMILES string of the molecule is c1ccc2c(-c3ccc4oc5ccc6c7cc(-n8c9ccccc9c9ccccc98)ccc7oc6c5c4c3)cccc2c1. The van der Waals surface area contributed by atoms with Gasteiger partial charge in [0.2, 0.25) is 0 Å². The highest BCUT2D eigenvalue weighted by atomic mass is 16.3. The molecule has 3 heteroatoms. The molecule has 3 aromatic heterocycles. The minimum absolute atomic E-state index is 0.833. The summed E-state index contributed by atoms with van der Waals surface area (Å²) in [6, 6.07) is 49.5. The second kappa shape index (κ2) is 8.37. The topological polar surface area (TPSA) is 31.2 Å². The van der Waals surface area contributed by atoms with E-state index in [1.165, 1.54) is 38.1 Å². The fourth-order valence-corrected chi connectivity index (χ4v) is 7.07. The predicted octanol–water partition coefficient (Wildman–Crippen LogP) is 11.4. The molecule has 0 saturated heterocycles. The van der Waals surface area contributed by atoms with Crippen molar-refractivity contribution in [2.24, 2.45) is 0 Å². The first kappa shape index (κ1) is 22.8. The average Bonchev–Trinajstić information content (AvgIpc) is 3.73. The van der Waals surface area contributed by atoms with E-state index in [4.69, 9.17) is 8.83 Å². The smallest absolute Gasteiger partial charge is 0.147 e. The summed E-state index contributed by atoms with van der Waals surface area (Å²) in [7, 11) is 0. The van der Waals surface area contributed by atoms with Crippen LogP contribution in [0.5, 0.6) is 0 Å². The molecule has 10 rings (SSSR count). The molecule has 3 nitrogen and oxygen atoms in total. The summed E-state index contributed by atoms with van der Waals surface area (Å²) in [4.78, 5) is 0. The van der Waals surface area contributed by atoms with Crippen molar-refractivity contribution in [3.63, 3.8) is 0 Å². The predicted molar refractivity (Wildman–Crippen MR) is 178 cm³/mol. The van der Waals surface area contributed by atoms with Crippen molar-refractivity contribution in [2.45, 2.75) is 0 Å². The van der Waals surface area contributed by atoms with Crippen LogP contribution in [0.25, 0.3) is 93.3 Å². The average molecular weight is 550 g/mol. The summed E-state index contributed by atoms with van der Waals surface area (Å²) < 4.78 is 15.3. The zero-order valence-electron chi connectivity index (χ0n) is 23.0. The van der Waals surface area contributed by atoms with Crippen molar-refractivity contribution >= 4 is 76.5 Å². The maximum Gasteiger partial charge on any atom is 0.147 e. The number of nitrogens with zero attached hydrogens (tertiary/aromatic N) is 1. The van der Waals surface area contributed by atoms with E-state index < -0.39 is 0 Å². The van der Waals surface area contributed by atoms with Crippen molar-refractivity contribution in [3.8, 4) is 16.8 Å². The van der Waals surface area contributed by atoms with E-state index in [0.717, 1.165) is 55.1 Å². The van der Waals surface area contributed by atoms with Gasteiger partial charge in [-0.2, -0.15) is 0 Å². The van der Waals surface area contributed by atoms with Gasteiger partial charge < -0.3 is 13.4 Å². The number of para-hydroxylation sites is 2. The molecule has 0 bridgehead atoms. The van der Waals surface area contributed by atoms with Gasteiger partial charge in [-0.3, -0.25) is 0 Å². The Labute approximate surface area is 245 Å². The van der Waals surface area contributed by atoms with E-state index in [2.05, 4.69) is 144 Å². The van der Waals surface area contributed by atoms with Gasteiger partial charge in [-0.25, -0.2) is 0 Å². The molecule has 0 aliphatic heterocycles. The molecular formula is C40H23NO2. The Morgan fingerprint density at radius 3 is 1.93 bits per heavy atom. The van der Waals surface area contributed by atoms with Gasteiger partial charge >= 0.3 is 0 Å². The molecule has 0 aliphatic rings. The van der Waals surface area contributed by atoms with Crippen LogP contribution in [-0.2, 0) is 0 Å². The van der Waals surface area contributed by atoms with Crippen molar-refractivity contribution in [1.82, 2.24) is 4.57 Å². The summed E-state index contributed by atoms with van der Waals surface area (Å²) >= 11 is 0. The zero-order valence-corrected chi connectivity index (χ0v) is 23.0. The molecule has 10 aromatic rings. The van der Waals surface area contributed by atoms with Crippen molar-refractivity contribution in [2.75, 3.05) is 0 Å². The Kier molecular flexibility index (Phi) is 4.45. The van der Waals surface area contributed by atoms with Gasteiger partial charge in [0.05, 0.1) is 16.4 Å². The molecular weight excluding hydrogens is 526 g/mol. The third kappa shape index (κ3) is 3.14. The number of hydrogen-bond acceptors (Lipinski definition) is 2. The van der Waals surface area contributed by atoms with E-state index in [0.29, 0.717) is 0 Å². The molecule has 7 aromatic carbocycles. The normalized spacial score (nSPS) is 12.2. The summed E-state index contributed by atoms with van der Waals surface area (Å²) in [5.41, 5.74) is 9.29. The molecule has 0 N–H and O–H groups in total. The van der Waals surface area contributed by atoms with Gasteiger partial charge in [0.1, 0.15) is 22.3 Å². The van der Waals surface area contributed by atoms with Gasteiger partial charge in [0.15, 0.2) is 0 Å². The Morgan fingerprint density at radius 2 is 1.09 bits per heavy atom. The largest absolute Gasteiger partial charge is 0.456 e. The highest BCUT2D eigenvalue weighted by molar-refractivity contribution is 6.22. The lowest BCUT2D eigenvalue weighted by Crippen LogP contribution is -1.93. The van der Waals surface area contributed by atoms with Crippen LogP contribution in [0, 0.1) is 0 Å². The molecule has 0 radical (unpaired) electrons. The quantitative estimate of drug-likeness (QED) is 0.215. The highest BCUT2D eigenvalue weighted by Crippen LogP contribution is 2.42. The van der Waals surface area contributed by atoms with Crippen LogP contribution >= 0.6 is 0 Å². The second-order valence-corrected chi connectivity index (χ2v) is 11.3. The number of furan rings is 2. The van der Waals surface area contributed by atoms with E-state index in [1.807, 2.05) is 0 Å². The fourth-order valence-electron chi connectivity index (χ4n) is 7.07. The van der Waals surface area contributed by atoms with Gasteiger partial charge in [0, 0.05) is 32.6 Å². The van der Waals surface area contributed by atoms with Crippen LogP contribution in [0.1, 0.15) is 0 Å². The summed E-state index contributed by atoms with van der Waals surface area (Å²) in [6.45, 7) is 0. The Bertz CT molecular complexity index is 2680. The van der Waals surface area contributed by atoms with Crippen LogP contribution in [-0.4, -0.2) is 4.57 Å². The summed E-state index contributed by atoms with van der Waals surface area (Å²) in [5.74, 6) is 0. The summed E-state index contributed by atoms with van der Waals surface area (Å²) in [6.07, 6.45) is 0. The van der Waals surface area contributed by atoms with Crippen LogP contribution in [0.15, 0.2) is 148 Å². The molecule has 0 unspecified atom stereocenters. The molecule has 0 spiro atoms. The van der Waals surface area contributed by atoms with Gasteiger partial charge in [-0.1, -0.05) is 84.9 Å². The first-order valence-corrected chi connectivity index (χ1v) is 14.6. The number of rotatable bonds is 2. The van der Waals surface area contributed by atoms with E-state index in [-0.39, 0.29) is 0 Å². The molecule has 43 heavy (non-hydrogen) atoms. The Balaban J connectivity index is 1.23. The van der Waals surface area contributed by atoms with Crippen molar-refractivity contribution < 1.29 is 8.83 Å².